The van der Waals surface area contributed by atoms with Crippen molar-refractivity contribution in [3.8, 4) is 5.75 Å². The molecule has 0 aliphatic heterocycles. The maximum absolute atomic E-state index is 6.01. The number of halogens is 1. The van der Waals surface area contributed by atoms with Crippen LogP contribution in [-0.4, -0.2) is 21.6 Å². The molecule has 0 unspecified atom stereocenters. The number of fused-ring (bicyclic) bond motifs is 1. The number of ether oxygens (including phenoxy) is 1. The van der Waals surface area contributed by atoms with Crippen LogP contribution in [-0.2, 0) is 12.4 Å². The zero-order valence-corrected chi connectivity index (χ0v) is 12.9. The Morgan fingerprint density at radius 3 is 2.71 bits per heavy atom. The molecule has 2 aromatic heterocycles. The summed E-state index contributed by atoms with van der Waals surface area (Å²) in [6.07, 6.45) is 0. The second-order valence-electron chi connectivity index (χ2n) is 4.85. The average Bonchev–Trinajstić information content (AvgIpc) is 2.99. The first kappa shape index (κ1) is 13.9. The van der Waals surface area contributed by atoms with Gasteiger partial charge in [0.25, 0.3) is 0 Å². The molecule has 3 rings (SSSR count). The lowest BCUT2D eigenvalue weighted by atomic mass is 10.3. The number of nitrogens with zero attached hydrogens (tertiary/aromatic N) is 3. The summed E-state index contributed by atoms with van der Waals surface area (Å²) in [6.45, 7) is 4.35. The van der Waals surface area contributed by atoms with Gasteiger partial charge in [0, 0.05) is 6.07 Å². The van der Waals surface area contributed by atoms with E-state index in [-0.39, 0.29) is 0 Å². The van der Waals surface area contributed by atoms with Crippen LogP contribution in [0.3, 0.4) is 0 Å². The number of rotatable bonds is 4. The molecule has 2 heterocycles. The van der Waals surface area contributed by atoms with Gasteiger partial charge in [-0.25, -0.2) is 9.97 Å². The summed E-state index contributed by atoms with van der Waals surface area (Å²) < 4.78 is 12.9. The van der Waals surface area contributed by atoms with E-state index in [4.69, 9.17) is 20.8 Å². The fraction of sp³-hybridized carbons (Fsp3) is 0.333. The van der Waals surface area contributed by atoms with E-state index in [1.165, 1.54) is 0 Å². The normalized spacial score (nSPS) is 11.2. The van der Waals surface area contributed by atoms with Gasteiger partial charge in [0.1, 0.15) is 23.9 Å². The minimum Gasteiger partial charge on any atom is -0.497 e. The van der Waals surface area contributed by atoms with Gasteiger partial charge in [-0.1, -0.05) is 0 Å². The Hall–Kier alpha value is -2.01. The first-order valence-corrected chi connectivity index (χ1v) is 7.18. The highest BCUT2D eigenvalue weighted by molar-refractivity contribution is 6.16. The Labute approximate surface area is 127 Å². The molecule has 0 N–H and O–H groups in total. The predicted molar refractivity (Wildman–Crippen MR) is 80.9 cm³/mol. The molecule has 0 bridgehead atoms. The van der Waals surface area contributed by atoms with E-state index in [1.807, 2.05) is 36.6 Å². The van der Waals surface area contributed by atoms with E-state index in [9.17, 15) is 0 Å². The molecule has 0 saturated heterocycles. The maximum atomic E-state index is 6.01. The first-order chi connectivity index (χ1) is 10.1. The number of hydrogen-bond acceptors (Lipinski definition) is 4. The second-order valence-corrected chi connectivity index (χ2v) is 5.12. The van der Waals surface area contributed by atoms with Gasteiger partial charge in [0.05, 0.1) is 29.7 Å². The van der Waals surface area contributed by atoms with E-state index in [1.54, 1.807) is 7.11 Å². The highest BCUT2D eigenvalue weighted by Gasteiger charge is 2.14. The fourth-order valence-corrected chi connectivity index (χ4v) is 2.51. The number of hydrogen-bond donors (Lipinski definition) is 0. The van der Waals surface area contributed by atoms with Crippen molar-refractivity contribution in [1.82, 2.24) is 14.5 Å². The molecule has 0 radical (unpaired) electrons. The van der Waals surface area contributed by atoms with Crippen LogP contribution in [0.2, 0.25) is 0 Å². The third-order valence-corrected chi connectivity index (χ3v) is 3.76. The van der Waals surface area contributed by atoms with Gasteiger partial charge in [-0.2, -0.15) is 0 Å². The third kappa shape index (κ3) is 2.49. The van der Waals surface area contributed by atoms with Gasteiger partial charge < -0.3 is 13.7 Å². The van der Waals surface area contributed by atoms with E-state index >= 15 is 0 Å². The Kier molecular flexibility index (Phi) is 3.59. The molecule has 0 aliphatic rings. The van der Waals surface area contributed by atoms with Crippen LogP contribution in [0.5, 0.6) is 5.75 Å². The van der Waals surface area contributed by atoms with Gasteiger partial charge in [0.15, 0.2) is 0 Å². The molecule has 5 nitrogen and oxygen atoms in total. The quantitative estimate of drug-likeness (QED) is 0.693. The number of alkyl halides is 1. The van der Waals surface area contributed by atoms with E-state index < -0.39 is 0 Å². The number of benzene rings is 1. The first-order valence-electron chi connectivity index (χ1n) is 6.64. The topological polar surface area (TPSA) is 53.1 Å². The highest BCUT2D eigenvalue weighted by Crippen LogP contribution is 2.24. The number of aryl methyl sites for hydroxylation is 2. The molecule has 21 heavy (non-hydrogen) atoms. The molecular weight excluding hydrogens is 290 g/mol. The fourth-order valence-electron chi connectivity index (χ4n) is 2.31. The van der Waals surface area contributed by atoms with Crippen molar-refractivity contribution >= 4 is 22.6 Å². The van der Waals surface area contributed by atoms with Crippen LogP contribution < -0.4 is 4.74 Å². The van der Waals surface area contributed by atoms with E-state index in [0.29, 0.717) is 18.3 Å². The molecule has 3 aromatic rings. The van der Waals surface area contributed by atoms with Crippen molar-refractivity contribution in [2.75, 3.05) is 7.11 Å². The summed E-state index contributed by atoms with van der Waals surface area (Å²) >= 11 is 6.01. The molecule has 0 aliphatic carbocycles. The van der Waals surface area contributed by atoms with Crippen molar-refractivity contribution < 1.29 is 9.15 Å². The summed E-state index contributed by atoms with van der Waals surface area (Å²) in [6, 6.07) is 5.78. The number of aromatic nitrogens is 3. The summed E-state index contributed by atoms with van der Waals surface area (Å²) in [7, 11) is 1.64. The van der Waals surface area contributed by atoms with Gasteiger partial charge in [-0.05, 0) is 26.0 Å². The third-order valence-electron chi connectivity index (χ3n) is 3.52. The van der Waals surface area contributed by atoms with Crippen LogP contribution in [0.15, 0.2) is 22.6 Å². The Morgan fingerprint density at radius 2 is 2.10 bits per heavy atom. The van der Waals surface area contributed by atoms with Gasteiger partial charge in [0.2, 0.25) is 5.89 Å². The van der Waals surface area contributed by atoms with Crippen molar-refractivity contribution in [3.05, 3.63) is 41.4 Å². The minimum atomic E-state index is 0.329. The van der Waals surface area contributed by atoms with Crippen molar-refractivity contribution in [3.63, 3.8) is 0 Å². The molecule has 0 atom stereocenters. The Bertz CT molecular complexity index is 772. The maximum Gasteiger partial charge on any atom is 0.214 e. The molecule has 110 valence electrons. The lowest BCUT2D eigenvalue weighted by molar-refractivity contribution is 0.415. The average molecular weight is 306 g/mol. The number of imidazole rings is 1. The van der Waals surface area contributed by atoms with E-state index in [0.717, 1.165) is 34.1 Å². The Morgan fingerprint density at radius 1 is 1.29 bits per heavy atom. The molecule has 0 spiro atoms. The lowest BCUT2D eigenvalue weighted by Gasteiger charge is -2.05. The zero-order chi connectivity index (χ0) is 15.0. The van der Waals surface area contributed by atoms with Crippen LogP contribution in [0.25, 0.3) is 11.0 Å². The van der Waals surface area contributed by atoms with Crippen molar-refractivity contribution in [2.24, 2.45) is 0 Å². The molecule has 6 heteroatoms. The van der Waals surface area contributed by atoms with Crippen LogP contribution in [0.4, 0.5) is 0 Å². The van der Waals surface area contributed by atoms with Crippen molar-refractivity contribution in [1.29, 1.82) is 0 Å². The van der Waals surface area contributed by atoms with Gasteiger partial charge in [-0.3, -0.25) is 0 Å². The molecule has 1 aromatic carbocycles. The molecule has 0 amide bonds. The lowest BCUT2D eigenvalue weighted by Crippen LogP contribution is -2.04. The van der Waals surface area contributed by atoms with Gasteiger partial charge >= 0.3 is 0 Å². The highest BCUT2D eigenvalue weighted by atomic mass is 35.5. The number of oxazole rings is 1. The monoisotopic (exact) mass is 305 g/mol. The van der Waals surface area contributed by atoms with Crippen LogP contribution in [0.1, 0.15) is 23.2 Å². The van der Waals surface area contributed by atoms with E-state index in [2.05, 4.69) is 9.97 Å². The minimum absolute atomic E-state index is 0.329. The largest absolute Gasteiger partial charge is 0.497 e. The molecule has 0 fully saturated rings. The van der Waals surface area contributed by atoms with Crippen LogP contribution >= 0.6 is 11.6 Å². The Balaban J connectivity index is 2.07. The van der Waals surface area contributed by atoms with Gasteiger partial charge in [-0.15, -0.1) is 11.6 Å². The zero-order valence-electron chi connectivity index (χ0n) is 12.2. The number of methoxy groups -OCH3 is 1. The molecular formula is C15H16ClN3O2. The second kappa shape index (κ2) is 5.41. The van der Waals surface area contributed by atoms with Crippen LogP contribution in [0, 0.1) is 13.8 Å². The summed E-state index contributed by atoms with van der Waals surface area (Å²) in [5, 5.41) is 0. The standard InChI is InChI=1S/C15H16ClN3O2/c1-9-10(2)21-15(17-9)8-19-13-5-4-11(20-3)6-12(13)18-14(19)7-16/h4-6H,7-8H2,1-3H3. The SMILES string of the molecule is COc1ccc2c(c1)nc(CCl)n2Cc1nc(C)c(C)o1. The predicted octanol–water partition coefficient (Wildman–Crippen LogP) is 3.44. The van der Waals surface area contributed by atoms with Crippen molar-refractivity contribution in [2.45, 2.75) is 26.3 Å². The smallest absolute Gasteiger partial charge is 0.214 e. The molecule has 0 saturated carbocycles. The summed E-state index contributed by atoms with van der Waals surface area (Å²) in [5.41, 5.74) is 2.74. The summed E-state index contributed by atoms with van der Waals surface area (Å²) in [4.78, 5) is 8.96. The summed E-state index contributed by atoms with van der Waals surface area (Å²) in [5.74, 6) is 3.38.